The Hall–Kier alpha value is -1.62. The maximum absolute atomic E-state index is 12.3. The van der Waals surface area contributed by atoms with Gasteiger partial charge in [-0.2, -0.15) is 5.26 Å². The van der Waals surface area contributed by atoms with Gasteiger partial charge in [0.15, 0.2) is 0 Å². The molecule has 1 aromatic rings. The first-order chi connectivity index (χ1) is 6.99. The Morgan fingerprint density at radius 1 is 1.67 bits per heavy atom. The van der Waals surface area contributed by atoms with Crippen LogP contribution in [0, 0.1) is 21.4 Å². The van der Waals surface area contributed by atoms with E-state index in [0.717, 1.165) is 0 Å². The van der Waals surface area contributed by atoms with Gasteiger partial charge < -0.3 is 0 Å². The fourth-order valence-electron chi connectivity index (χ4n) is 0.889. The number of pyridine rings is 1. The lowest BCUT2D eigenvalue weighted by Gasteiger charge is -2.03. The Bertz CT molecular complexity index is 458. The number of alkyl halides is 2. The fraction of sp³-hybridized carbons (Fsp3) is 0.143. The second-order valence-electron chi connectivity index (χ2n) is 2.39. The molecule has 1 heterocycles. The van der Waals surface area contributed by atoms with E-state index in [4.69, 9.17) is 5.26 Å². The Labute approximate surface area is 90.6 Å². The molecule has 0 aliphatic rings. The Balaban J connectivity index is 3.48. The van der Waals surface area contributed by atoms with Crippen LogP contribution in [0.25, 0.3) is 0 Å². The van der Waals surface area contributed by atoms with Crippen molar-refractivity contribution in [1.29, 1.82) is 5.26 Å². The Morgan fingerprint density at radius 2 is 2.27 bits per heavy atom. The zero-order valence-corrected chi connectivity index (χ0v) is 8.53. The molecule has 0 spiro atoms. The minimum Gasteiger partial charge on any atom is -0.258 e. The molecule has 78 valence electrons. The van der Waals surface area contributed by atoms with Crippen LogP contribution in [-0.4, -0.2) is 9.91 Å². The smallest absolute Gasteiger partial charge is 0.258 e. The minimum atomic E-state index is -2.90. The molecule has 0 bridgehead atoms. The standard InChI is InChI=1S/C7H2BrF2N3O2/c8-5-3(1-11)4(13(14)15)2-12-6(5)7(9)10/h2,7H. The van der Waals surface area contributed by atoms with Crippen molar-refractivity contribution in [2.45, 2.75) is 6.43 Å². The number of hydrogen-bond donors (Lipinski definition) is 0. The first-order valence-electron chi connectivity index (χ1n) is 3.50. The highest BCUT2D eigenvalue weighted by Crippen LogP contribution is 2.32. The molecule has 1 rings (SSSR count). The second kappa shape index (κ2) is 4.27. The van der Waals surface area contributed by atoms with Crippen molar-refractivity contribution in [3.63, 3.8) is 0 Å². The van der Waals surface area contributed by atoms with Crippen molar-refractivity contribution >= 4 is 21.6 Å². The van der Waals surface area contributed by atoms with Gasteiger partial charge in [-0.1, -0.05) is 0 Å². The molecule has 0 fully saturated rings. The summed E-state index contributed by atoms with van der Waals surface area (Å²) in [6.45, 7) is 0. The van der Waals surface area contributed by atoms with Crippen LogP contribution >= 0.6 is 15.9 Å². The van der Waals surface area contributed by atoms with Crippen molar-refractivity contribution in [1.82, 2.24) is 4.98 Å². The monoisotopic (exact) mass is 277 g/mol. The van der Waals surface area contributed by atoms with Crippen molar-refractivity contribution in [3.05, 3.63) is 32.0 Å². The van der Waals surface area contributed by atoms with E-state index < -0.39 is 28.3 Å². The highest BCUT2D eigenvalue weighted by atomic mass is 79.9. The van der Waals surface area contributed by atoms with Gasteiger partial charge in [0.1, 0.15) is 23.5 Å². The van der Waals surface area contributed by atoms with Crippen molar-refractivity contribution in [3.8, 4) is 6.07 Å². The normalized spacial score (nSPS) is 10.1. The first-order valence-corrected chi connectivity index (χ1v) is 4.29. The average molecular weight is 278 g/mol. The predicted molar refractivity (Wildman–Crippen MR) is 48.3 cm³/mol. The maximum atomic E-state index is 12.3. The number of halogens is 3. The third-order valence-corrected chi connectivity index (χ3v) is 2.34. The van der Waals surface area contributed by atoms with Crippen molar-refractivity contribution in [2.24, 2.45) is 0 Å². The Kier molecular flexibility index (Phi) is 3.26. The van der Waals surface area contributed by atoms with Crippen LogP contribution in [0.15, 0.2) is 10.7 Å². The lowest BCUT2D eigenvalue weighted by molar-refractivity contribution is -0.385. The van der Waals surface area contributed by atoms with Gasteiger partial charge in [-0.25, -0.2) is 13.8 Å². The van der Waals surface area contributed by atoms with E-state index in [1.165, 1.54) is 6.07 Å². The summed E-state index contributed by atoms with van der Waals surface area (Å²) in [6, 6.07) is 1.48. The van der Waals surface area contributed by atoms with Gasteiger partial charge in [0.05, 0.1) is 9.40 Å². The van der Waals surface area contributed by atoms with Crippen LogP contribution in [0.2, 0.25) is 0 Å². The summed E-state index contributed by atoms with van der Waals surface area (Å²) < 4.78 is 24.3. The minimum absolute atomic E-state index is 0.339. The van der Waals surface area contributed by atoms with Crippen LogP contribution in [-0.2, 0) is 0 Å². The largest absolute Gasteiger partial charge is 0.306 e. The van der Waals surface area contributed by atoms with E-state index in [1.54, 1.807) is 0 Å². The average Bonchev–Trinajstić information content (AvgIpc) is 2.16. The topological polar surface area (TPSA) is 79.8 Å². The predicted octanol–water partition coefficient (Wildman–Crippen LogP) is 2.56. The number of nitrogens with zero attached hydrogens (tertiary/aromatic N) is 3. The maximum Gasteiger partial charge on any atom is 0.306 e. The van der Waals surface area contributed by atoms with Gasteiger partial charge >= 0.3 is 5.69 Å². The van der Waals surface area contributed by atoms with E-state index in [0.29, 0.717) is 6.20 Å². The van der Waals surface area contributed by atoms with Gasteiger partial charge in [-0.15, -0.1) is 0 Å². The van der Waals surface area contributed by atoms with Gasteiger partial charge in [0.25, 0.3) is 6.43 Å². The highest BCUT2D eigenvalue weighted by molar-refractivity contribution is 9.10. The molecule has 0 aliphatic heterocycles. The molecule has 15 heavy (non-hydrogen) atoms. The van der Waals surface area contributed by atoms with Gasteiger partial charge in [-0.05, 0) is 15.9 Å². The summed E-state index contributed by atoms with van der Waals surface area (Å²) in [4.78, 5) is 12.8. The molecule has 0 saturated carbocycles. The summed E-state index contributed by atoms with van der Waals surface area (Å²) in [5.41, 5.74) is -1.74. The SMILES string of the molecule is N#Cc1c([N+](=O)[O-])cnc(C(F)F)c1Br. The molecule has 0 atom stereocenters. The van der Waals surface area contributed by atoms with E-state index >= 15 is 0 Å². The first kappa shape index (κ1) is 11.5. The molecule has 0 amide bonds. The van der Waals surface area contributed by atoms with Crippen LogP contribution in [0.4, 0.5) is 14.5 Å². The van der Waals surface area contributed by atoms with Crippen molar-refractivity contribution in [2.75, 3.05) is 0 Å². The molecule has 8 heteroatoms. The third-order valence-electron chi connectivity index (χ3n) is 1.54. The molecule has 0 N–H and O–H groups in total. The molecule has 0 radical (unpaired) electrons. The van der Waals surface area contributed by atoms with Crippen molar-refractivity contribution < 1.29 is 13.7 Å². The molecule has 0 aromatic carbocycles. The summed E-state index contributed by atoms with van der Waals surface area (Å²) in [7, 11) is 0. The number of nitriles is 1. The number of rotatable bonds is 2. The summed E-state index contributed by atoms with van der Waals surface area (Å²) in [5.74, 6) is 0. The number of aromatic nitrogens is 1. The molecule has 0 unspecified atom stereocenters. The second-order valence-corrected chi connectivity index (χ2v) is 3.18. The molecule has 5 nitrogen and oxygen atoms in total. The fourth-order valence-corrected chi connectivity index (χ4v) is 1.46. The zero-order valence-electron chi connectivity index (χ0n) is 6.95. The van der Waals surface area contributed by atoms with Gasteiger partial charge in [0, 0.05) is 0 Å². The number of hydrogen-bond acceptors (Lipinski definition) is 4. The van der Waals surface area contributed by atoms with Gasteiger partial charge in [0.2, 0.25) is 0 Å². The van der Waals surface area contributed by atoms with Crippen LogP contribution in [0.1, 0.15) is 17.7 Å². The molecule has 0 aliphatic carbocycles. The zero-order chi connectivity index (χ0) is 11.6. The summed E-state index contributed by atoms with van der Waals surface area (Å²) in [6.07, 6.45) is -2.25. The van der Waals surface area contributed by atoms with E-state index in [-0.39, 0.29) is 4.47 Å². The molecular weight excluding hydrogens is 276 g/mol. The molecule has 0 saturated heterocycles. The van der Waals surface area contributed by atoms with E-state index in [1.807, 2.05) is 0 Å². The molecule has 1 aromatic heterocycles. The Morgan fingerprint density at radius 3 is 2.67 bits per heavy atom. The lowest BCUT2D eigenvalue weighted by Crippen LogP contribution is -2.00. The highest BCUT2D eigenvalue weighted by Gasteiger charge is 2.24. The van der Waals surface area contributed by atoms with Crippen LogP contribution in [0.3, 0.4) is 0 Å². The quantitative estimate of drug-likeness (QED) is 0.615. The summed E-state index contributed by atoms with van der Waals surface area (Å²) in [5, 5.41) is 19.0. The number of nitro groups is 1. The van der Waals surface area contributed by atoms with Gasteiger partial charge in [-0.3, -0.25) is 10.1 Å². The van der Waals surface area contributed by atoms with E-state index in [9.17, 15) is 18.9 Å². The lowest BCUT2D eigenvalue weighted by atomic mass is 10.2. The van der Waals surface area contributed by atoms with Crippen LogP contribution < -0.4 is 0 Å². The van der Waals surface area contributed by atoms with E-state index in [2.05, 4.69) is 20.9 Å². The van der Waals surface area contributed by atoms with Crippen LogP contribution in [0.5, 0.6) is 0 Å². The summed E-state index contributed by atoms with van der Waals surface area (Å²) >= 11 is 2.69. The molecular formula is C7H2BrF2N3O2. The third kappa shape index (κ3) is 2.07.